The molecule has 2 aliphatic rings. The maximum atomic E-state index is 6.22. The maximum Gasteiger partial charge on any atom is 0.147 e. The number of halogens is 1. The first-order valence-corrected chi connectivity index (χ1v) is 7.69. The summed E-state index contributed by atoms with van der Waals surface area (Å²) in [6.45, 7) is 3.14. The number of rotatable bonds is 2. The van der Waals surface area contributed by atoms with Gasteiger partial charge in [0.15, 0.2) is 0 Å². The van der Waals surface area contributed by atoms with Gasteiger partial charge in [0.2, 0.25) is 0 Å². The highest BCUT2D eigenvalue weighted by molar-refractivity contribution is 6.49. The van der Waals surface area contributed by atoms with Gasteiger partial charge in [0.1, 0.15) is 5.82 Å². The van der Waals surface area contributed by atoms with Gasteiger partial charge < -0.3 is 9.64 Å². The van der Waals surface area contributed by atoms with E-state index < -0.39 is 0 Å². The lowest BCUT2D eigenvalue weighted by Gasteiger charge is -2.27. The molecule has 2 aromatic heterocycles. The van der Waals surface area contributed by atoms with Crippen molar-refractivity contribution in [2.75, 3.05) is 31.2 Å². The molecule has 4 rings (SSSR count). The minimum absolute atomic E-state index is 0.729. The van der Waals surface area contributed by atoms with Gasteiger partial charge in [-0.1, -0.05) is 17.7 Å². The van der Waals surface area contributed by atoms with Crippen molar-refractivity contribution in [1.82, 2.24) is 15.0 Å². The first kappa shape index (κ1) is 13.7. The van der Waals surface area contributed by atoms with Crippen LogP contribution in [0.1, 0.15) is 11.3 Å². The Bertz CT molecular complexity index is 741. The molecule has 1 saturated heterocycles. The average molecular weight is 315 g/mol. The average Bonchev–Trinajstić information content (AvgIpc) is 2.96. The molecule has 0 atom stereocenters. The molecule has 0 saturated carbocycles. The minimum atomic E-state index is 0.729. The monoisotopic (exact) mass is 314 g/mol. The van der Waals surface area contributed by atoms with E-state index >= 15 is 0 Å². The fourth-order valence-electron chi connectivity index (χ4n) is 2.74. The van der Waals surface area contributed by atoms with E-state index in [4.69, 9.17) is 21.3 Å². The van der Waals surface area contributed by atoms with Crippen molar-refractivity contribution < 1.29 is 4.74 Å². The van der Waals surface area contributed by atoms with Crippen molar-refractivity contribution in [3.8, 4) is 11.3 Å². The molecule has 1 fully saturated rings. The number of fused-ring (bicyclic) bond motifs is 1. The Morgan fingerprint density at radius 1 is 1.14 bits per heavy atom. The van der Waals surface area contributed by atoms with Crippen molar-refractivity contribution in [3.63, 3.8) is 0 Å². The SMILES string of the molecule is ClC1=CCc2ncc(-c3cncc(N4CCOCC4)n3)cc21. The smallest absolute Gasteiger partial charge is 0.147 e. The summed E-state index contributed by atoms with van der Waals surface area (Å²) < 4.78 is 5.38. The van der Waals surface area contributed by atoms with Crippen LogP contribution >= 0.6 is 11.6 Å². The number of anilines is 1. The number of aromatic nitrogens is 3. The third-order valence-electron chi connectivity index (χ3n) is 3.95. The highest BCUT2D eigenvalue weighted by atomic mass is 35.5. The predicted molar refractivity (Wildman–Crippen MR) is 85.8 cm³/mol. The second kappa shape index (κ2) is 5.66. The predicted octanol–water partition coefficient (Wildman–Crippen LogP) is 2.51. The molecule has 0 N–H and O–H groups in total. The molecule has 2 aromatic rings. The van der Waals surface area contributed by atoms with Crippen LogP contribution in [0.25, 0.3) is 16.3 Å². The van der Waals surface area contributed by atoms with Crippen LogP contribution in [0, 0.1) is 0 Å². The van der Waals surface area contributed by atoms with E-state index in [1.807, 2.05) is 18.3 Å². The van der Waals surface area contributed by atoms with Crippen LogP contribution in [0.5, 0.6) is 0 Å². The standard InChI is InChI=1S/C16H15ClN4O/c17-13-1-2-14-12(13)7-11(8-19-14)15-9-18-10-16(20-15)21-3-5-22-6-4-21/h1,7-10H,2-6H2. The molecular weight excluding hydrogens is 300 g/mol. The quantitative estimate of drug-likeness (QED) is 0.852. The first-order valence-electron chi connectivity index (χ1n) is 7.31. The lowest BCUT2D eigenvalue weighted by molar-refractivity contribution is 0.122. The van der Waals surface area contributed by atoms with Gasteiger partial charge in [0.05, 0.1) is 37.0 Å². The summed E-state index contributed by atoms with van der Waals surface area (Å²) in [5.41, 5.74) is 3.77. The summed E-state index contributed by atoms with van der Waals surface area (Å²) in [6.07, 6.45) is 8.18. The van der Waals surface area contributed by atoms with Crippen molar-refractivity contribution in [2.45, 2.75) is 6.42 Å². The number of ether oxygens (including phenoxy) is 1. The van der Waals surface area contributed by atoms with E-state index in [0.717, 1.165) is 66.1 Å². The van der Waals surface area contributed by atoms with Crippen LogP contribution in [-0.4, -0.2) is 41.3 Å². The van der Waals surface area contributed by atoms with E-state index in [-0.39, 0.29) is 0 Å². The third kappa shape index (κ3) is 2.46. The Balaban J connectivity index is 1.68. The van der Waals surface area contributed by atoms with Crippen LogP contribution < -0.4 is 4.90 Å². The molecule has 0 bridgehead atoms. The Hall–Kier alpha value is -1.98. The van der Waals surface area contributed by atoms with Gasteiger partial charge in [0.25, 0.3) is 0 Å². The maximum absolute atomic E-state index is 6.22. The Morgan fingerprint density at radius 3 is 2.86 bits per heavy atom. The van der Waals surface area contributed by atoms with Crippen LogP contribution in [0.2, 0.25) is 0 Å². The molecule has 22 heavy (non-hydrogen) atoms. The summed E-state index contributed by atoms with van der Waals surface area (Å²) in [4.78, 5) is 15.7. The van der Waals surface area contributed by atoms with Gasteiger partial charge in [-0.2, -0.15) is 0 Å². The van der Waals surface area contributed by atoms with Crippen molar-refractivity contribution in [3.05, 3.63) is 42.0 Å². The third-order valence-corrected chi connectivity index (χ3v) is 4.31. The fraction of sp³-hybridized carbons (Fsp3) is 0.312. The van der Waals surface area contributed by atoms with E-state index in [0.29, 0.717) is 0 Å². The summed E-state index contributed by atoms with van der Waals surface area (Å²) in [6, 6.07) is 2.04. The van der Waals surface area contributed by atoms with Crippen molar-refractivity contribution >= 4 is 22.5 Å². The number of allylic oxidation sites excluding steroid dienone is 1. The molecule has 0 radical (unpaired) electrons. The van der Waals surface area contributed by atoms with E-state index in [2.05, 4.69) is 14.9 Å². The summed E-state index contributed by atoms with van der Waals surface area (Å²) in [7, 11) is 0. The summed E-state index contributed by atoms with van der Waals surface area (Å²) >= 11 is 6.22. The zero-order valence-corrected chi connectivity index (χ0v) is 12.8. The molecule has 0 amide bonds. The minimum Gasteiger partial charge on any atom is -0.378 e. The normalized spacial score (nSPS) is 17.3. The molecule has 1 aliphatic carbocycles. The molecule has 5 nitrogen and oxygen atoms in total. The molecule has 1 aliphatic heterocycles. The van der Waals surface area contributed by atoms with Crippen LogP contribution in [0.15, 0.2) is 30.7 Å². The Morgan fingerprint density at radius 2 is 2.00 bits per heavy atom. The van der Waals surface area contributed by atoms with Crippen molar-refractivity contribution in [1.29, 1.82) is 0 Å². The zero-order valence-electron chi connectivity index (χ0n) is 12.0. The van der Waals surface area contributed by atoms with Crippen LogP contribution in [-0.2, 0) is 11.2 Å². The first-order chi connectivity index (χ1) is 10.8. The van der Waals surface area contributed by atoms with Crippen LogP contribution in [0.4, 0.5) is 5.82 Å². The topological polar surface area (TPSA) is 51.1 Å². The fourth-order valence-corrected chi connectivity index (χ4v) is 2.98. The second-order valence-corrected chi connectivity index (χ2v) is 5.74. The van der Waals surface area contributed by atoms with Gasteiger partial charge in [-0.3, -0.25) is 9.97 Å². The number of hydrogen-bond donors (Lipinski definition) is 0. The van der Waals surface area contributed by atoms with Gasteiger partial charge in [0, 0.05) is 41.9 Å². The van der Waals surface area contributed by atoms with Gasteiger partial charge >= 0.3 is 0 Å². The lowest BCUT2D eigenvalue weighted by atomic mass is 10.1. The molecular formula is C16H15ClN4O. The Labute approximate surface area is 133 Å². The van der Waals surface area contributed by atoms with E-state index in [1.54, 1.807) is 12.4 Å². The molecule has 3 heterocycles. The Kier molecular flexibility index (Phi) is 3.52. The van der Waals surface area contributed by atoms with Gasteiger partial charge in [-0.15, -0.1) is 0 Å². The molecule has 0 spiro atoms. The van der Waals surface area contributed by atoms with Gasteiger partial charge in [-0.05, 0) is 6.07 Å². The van der Waals surface area contributed by atoms with Crippen molar-refractivity contribution in [2.24, 2.45) is 0 Å². The van der Waals surface area contributed by atoms with Gasteiger partial charge in [-0.25, -0.2) is 4.98 Å². The molecule has 0 unspecified atom stereocenters. The largest absolute Gasteiger partial charge is 0.378 e. The zero-order chi connectivity index (χ0) is 14.9. The number of morpholine rings is 1. The molecule has 112 valence electrons. The molecule has 0 aromatic carbocycles. The number of pyridine rings is 1. The lowest BCUT2D eigenvalue weighted by Crippen LogP contribution is -2.36. The second-order valence-electron chi connectivity index (χ2n) is 5.34. The van der Waals surface area contributed by atoms with E-state index in [1.165, 1.54) is 0 Å². The summed E-state index contributed by atoms with van der Waals surface area (Å²) in [5, 5.41) is 0.765. The van der Waals surface area contributed by atoms with Crippen LogP contribution in [0.3, 0.4) is 0 Å². The van der Waals surface area contributed by atoms with E-state index in [9.17, 15) is 0 Å². The highest BCUT2D eigenvalue weighted by Crippen LogP contribution is 2.32. The number of nitrogens with zero attached hydrogens (tertiary/aromatic N) is 4. The highest BCUT2D eigenvalue weighted by Gasteiger charge is 2.17. The number of hydrogen-bond acceptors (Lipinski definition) is 5. The molecule has 6 heteroatoms. The summed E-state index contributed by atoms with van der Waals surface area (Å²) in [5.74, 6) is 0.878.